The third-order valence-electron chi connectivity index (χ3n) is 12.7. The van der Waals surface area contributed by atoms with Gasteiger partial charge in [0.1, 0.15) is 6.10 Å². The van der Waals surface area contributed by atoms with Crippen LogP contribution in [0.25, 0.3) is 0 Å². The number of allylic oxidation sites excluding steroid dienone is 3. The molecule has 7 nitrogen and oxygen atoms in total. The molecule has 260 valence electrons. The van der Waals surface area contributed by atoms with Gasteiger partial charge in [0, 0.05) is 17.3 Å². The number of aliphatic hydroxyl groups is 1. The molecule has 0 radical (unpaired) electrons. The summed E-state index contributed by atoms with van der Waals surface area (Å²) in [5, 5.41) is 12.2. The Morgan fingerprint density at radius 3 is 2.22 bits per heavy atom. The monoisotopic (exact) mass is 770 g/mol. The van der Waals surface area contributed by atoms with Gasteiger partial charge < -0.3 is 19.3 Å². The van der Waals surface area contributed by atoms with E-state index in [4.69, 9.17) is 14.2 Å². The maximum atomic E-state index is 13.9. The molecule has 0 spiro atoms. The number of ether oxygens (including phenoxy) is 3. The van der Waals surface area contributed by atoms with Crippen LogP contribution >= 0.6 is 31.9 Å². The lowest BCUT2D eigenvalue weighted by molar-refractivity contribution is -0.235. The van der Waals surface area contributed by atoms with Gasteiger partial charge in [0.25, 0.3) is 0 Å². The van der Waals surface area contributed by atoms with Gasteiger partial charge >= 0.3 is 17.9 Å². The Labute approximate surface area is 293 Å². The molecule has 10 atom stereocenters. The molecule has 1 N–H and O–H groups in total. The normalized spacial score (nSPS) is 39.7. The van der Waals surface area contributed by atoms with E-state index < -0.39 is 30.3 Å². The van der Waals surface area contributed by atoms with Crippen molar-refractivity contribution >= 4 is 49.8 Å². The number of carbonyl (C=O) groups is 3. The Kier molecular flexibility index (Phi) is 11.1. The summed E-state index contributed by atoms with van der Waals surface area (Å²) in [7, 11) is 0. The van der Waals surface area contributed by atoms with Crippen LogP contribution in [0.3, 0.4) is 0 Å². The standard InChI is InChI=1S/C37H56Br2O7/c1-20(2)26(38)12-11-23(32(42)44-19-45-33(43)34(5,6)7)30-25-17-28(41)31-35(8)15-14-29(46-22(4)40)21(3)24(35)13-16-36(31,9)37(25,10)18-27(30)39/h21,24-25,27-29,31,41H,11-19H2,1-10H3/t21-,24?,25?,27+,28+,29+,31?,35-,36-,37-/m0/s1. The minimum atomic E-state index is -0.701. The van der Waals surface area contributed by atoms with Gasteiger partial charge in [0.2, 0.25) is 6.79 Å². The first-order chi connectivity index (χ1) is 21.2. The van der Waals surface area contributed by atoms with Gasteiger partial charge in [0.05, 0.1) is 11.5 Å². The SMILES string of the molecule is CC(=O)O[C@@H]1CC[C@@]2(C)C(CC[C@@]3(C)C2[C@H](O)CC2C(=C(CCC(Br)=C(C)C)C(=O)OCOC(=O)C(C)(C)C)[C@H](Br)C[C@@]23C)[C@@H]1C. The quantitative estimate of drug-likeness (QED) is 0.120. The molecule has 46 heavy (non-hydrogen) atoms. The lowest BCUT2D eigenvalue weighted by Gasteiger charge is -2.69. The van der Waals surface area contributed by atoms with Crippen LogP contribution in [0.2, 0.25) is 0 Å². The molecule has 0 aromatic carbocycles. The number of hydrogen-bond donors (Lipinski definition) is 1. The first-order valence-electron chi connectivity index (χ1n) is 17.1. The average molecular weight is 773 g/mol. The third-order valence-corrected chi connectivity index (χ3v) is 14.7. The minimum Gasteiger partial charge on any atom is -0.462 e. The van der Waals surface area contributed by atoms with E-state index in [1.54, 1.807) is 20.8 Å². The van der Waals surface area contributed by atoms with Crippen molar-refractivity contribution in [3.8, 4) is 0 Å². The Bertz CT molecular complexity index is 1280. The van der Waals surface area contributed by atoms with E-state index in [0.29, 0.717) is 30.8 Å². The fourth-order valence-corrected chi connectivity index (χ4v) is 11.7. The highest BCUT2D eigenvalue weighted by atomic mass is 79.9. The highest BCUT2D eigenvalue weighted by Crippen LogP contribution is 2.75. The maximum absolute atomic E-state index is 13.9. The number of aliphatic hydroxyl groups excluding tert-OH is 1. The van der Waals surface area contributed by atoms with Gasteiger partial charge in [-0.25, -0.2) is 4.79 Å². The van der Waals surface area contributed by atoms with E-state index in [1.807, 2.05) is 13.8 Å². The topological polar surface area (TPSA) is 99.1 Å². The lowest BCUT2D eigenvalue weighted by Crippen LogP contribution is -2.65. The first kappa shape index (κ1) is 37.6. The summed E-state index contributed by atoms with van der Waals surface area (Å²) < 4.78 is 17.8. The Morgan fingerprint density at radius 1 is 0.978 bits per heavy atom. The van der Waals surface area contributed by atoms with Gasteiger partial charge in [-0.3, -0.25) is 9.59 Å². The van der Waals surface area contributed by atoms with Crippen molar-refractivity contribution in [2.24, 2.45) is 45.3 Å². The summed E-state index contributed by atoms with van der Waals surface area (Å²) in [5.74, 6) is -0.438. The van der Waals surface area contributed by atoms with Crippen LogP contribution in [-0.4, -0.2) is 46.8 Å². The van der Waals surface area contributed by atoms with Gasteiger partial charge in [-0.05, 0) is 136 Å². The van der Waals surface area contributed by atoms with E-state index in [0.717, 1.165) is 47.7 Å². The van der Waals surface area contributed by atoms with Crippen LogP contribution < -0.4 is 0 Å². The van der Waals surface area contributed by atoms with E-state index >= 15 is 0 Å². The van der Waals surface area contributed by atoms with Gasteiger partial charge in [-0.2, -0.15) is 0 Å². The first-order valence-corrected chi connectivity index (χ1v) is 18.8. The highest BCUT2D eigenvalue weighted by Gasteiger charge is 2.70. The van der Waals surface area contributed by atoms with Crippen LogP contribution in [0, 0.1) is 45.3 Å². The highest BCUT2D eigenvalue weighted by molar-refractivity contribution is 9.11. The van der Waals surface area contributed by atoms with Crippen molar-refractivity contribution in [2.75, 3.05) is 6.79 Å². The molecule has 3 unspecified atom stereocenters. The van der Waals surface area contributed by atoms with Crippen LogP contribution in [0.15, 0.2) is 21.2 Å². The number of fused-ring (bicyclic) bond motifs is 5. The molecule has 4 rings (SSSR count). The van der Waals surface area contributed by atoms with Gasteiger partial charge in [-0.1, -0.05) is 65.1 Å². The summed E-state index contributed by atoms with van der Waals surface area (Å²) in [4.78, 5) is 38.1. The molecule has 9 heteroatoms. The zero-order valence-electron chi connectivity index (χ0n) is 29.6. The molecule has 0 amide bonds. The van der Waals surface area contributed by atoms with Crippen molar-refractivity contribution in [1.29, 1.82) is 0 Å². The summed E-state index contributed by atoms with van der Waals surface area (Å²) in [6, 6.07) is 0. The minimum absolute atomic E-state index is 0.00626. The lowest BCUT2D eigenvalue weighted by atomic mass is 9.36. The predicted octanol–water partition coefficient (Wildman–Crippen LogP) is 8.80. The number of rotatable bonds is 7. The number of esters is 3. The van der Waals surface area contributed by atoms with Crippen molar-refractivity contribution in [3.05, 3.63) is 21.2 Å². The average Bonchev–Trinajstić information content (AvgIpc) is 3.19. The van der Waals surface area contributed by atoms with Gasteiger partial charge in [-0.15, -0.1) is 0 Å². The Balaban J connectivity index is 1.70. The number of carbonyl (C=O) groups excluding carboxylic acids is 3. The molecule has 0 aromatic rings. The van der Waals surface area contributed by atoms with Gasteiger partial charge in [0.15, 0.2) is 0 Å². The van der Waals surface area contributed by atoms with Crippen molar-refractivity contribution in [3.63, 3.8) is 0 Å². The molecule has 0 aromatic heterocycles. The summed E-state index contributed by atoms with van der Waals surface area (Å²) in [6.07, 6.45) is 5.68. The van der Waals surface area contributed by atoms with E-state index in [9.17, 15) is 19.5 Å². The van der Waals surface area contributed by atoms with Crippen molar-refractivity contribution in [1.82, 2.24) is 0 Å². The Morgan fingerprint density at radius 2 is 1.63 bits per heavy atom. The number of halogens is 2. The molecule has 4 saturated carbocycles. The van der Waals surface area contributed by atoms with Crippen LogP contribution in [0.1, 0.15) is 121 Å². The Hall–Kier alpha value is -1.19. The van der Waals surface area contributed by atoms with Crippen LogP contribution in [0.4, 0.5) is 0 Å². The maximum Gasteiger partial charge on any atom is 0.336 e. The molecule has 0 bridgehead atoms. The number of alkyl halides is 1. The largest absolute Gasteiger partial charge is 0.462 e. The second kappa shape index (κ2) is 13.6. The van der Waals surface area contributed by atoms with Crippen LogP contribution in [0.5, 0.6) is 0 Å². The van der Waals surface area contributed by atoms with Crippen molar-refractivity contribution in [2.45, 2.75) is 138 Å². The molecular formula is C37H56Br2O7. The summed E-state index contributed by atoms with van der Waals surface area (Å²) in [6.45, 7) is 19.8. The molecule has 4 fully saturated rings. The molecule has 4 aliphatic rings. The summed E-state index contributed by atoms with van der Waals surface area (Å²) in [5.41, 5.74) is 1.68. The van der Waals surface area contributed by atoms with E-state index in [-0.39, 0.29) is 50.9 Å². The molecular weight excluding hydrogens is 716 g/mol. The van der Waals surface area contributed by atoms with E-state index in [2.05, 4.69) is 59.6 Å². The second-order valence-electron chi connectivity index (χ2n) is 16.6. The smallest absolute Gasteiger partial charge is 0.336 e. The molecule has 4 aliphatic carbocycles. The second-order valence-corrected chi connectivity index (χ2v) is 18.7. The van der Waals surface area contributed by atoms with Crippen molar-refractivity contribution < 1.29 is 33.7 Å². The predicted molar refractivity (Wildman–Crippen MR) is 186 cm³/mol. The molecule has 0 heterocycles. The molecule has 0 aliphatic heterocycles. The third kappa shape index (κ3) is 6.68. The zero-order chi connectivity index (χ0) is 34.6. The fourth-order valence-electron chi connectivity index (χ4n) is 10.2. The number of hydrogen-bond acceptors (Lipinski definition) is 7. The van der Waals surface area contributed by atoms with E-state index in [1.165, 1.54) is 6.92 Å². The summed E-state index contributed by atoms with van der Waals surface area (Å²) >= 11 is 7.73. The molecule has 0 saturated heterocycles. The fraction of sp³-hybridized carbons (Fsp3) is 0.811. The van der Waals surface area contributed by atoms with Crippen LogP contribution in [-0.2, 0) is 28.6 Å². The zero-order valence-corrected chi connectivity index (χ0v) is 32.7.